The number of rotatable bonds is 6. The zero-order valence-corrected chi connectivity index (χ0v) is 19.3. The zero-order valence-electron chi connectivity index (χ0n) is 17.7. The van der Waals surface area contributed by atoms with Crippen LogP contribution in [-0.4, -0.2) is 22.3 Å². The van der Waals surface area contributed by atoms with Crippen LogP contribution < -0.4 is 14.4 Å². The number of anilines is 1. The molecule has 0 atom stereocenters. The van der Waals surface area contributed by atoms with Gasteiger partial charge in [-0.3, -0.25) is 14.7 Å². The van der Waals surface area contributed by atoms with E-state index in [-0.39, 0.29) is 14.9 Å². The first-order valence-electron chi connectivity index (χ1n) is 9.91. The average Bonchev–Trinajstić information content (AvgIpc) is 3.10. The Morgan fingerprint density at radius 2 is 1.85 bits per heavy atom. The highest BCUT2D eigenvalue weighted by molar-refractivity contribution is 8.27. The number of thioether (sulfide) groups is 1. The molecule has 2 heterocycles. The molecule has 0 N–H and O–H groups in total. The average molecular weight is 503 g/mol. The summed E-state index contributed by atoms with van der Waals surface area (Å²) in [6.45, 7) is 0.327. The number of aromatic nitrogens is 1. The van der Waals surface area contributed by atoms with E-state index in [0.717, 1.165) is 34.4 Å². The molecule has 0 bridgehead atoms. The predicted octanol–water partition coefficient (Wildman–Crippen LogP) is 6.09. The van der Waals surface area contributed by atoms with Crippen molar-refractivity contribution in [1.29, 1.82) is 0 Å². The molecule has 0 radical (unpaired) electrons. The number of benzene rings is 2. The molecular formula is C24H17F3N2O3S2. The van der Waals surface area contributed by atoms with Gasteiger partial charge in [0, 0.05) is 12.4 Å². The minimum atomic E-state index is -4.52. The van der Waals surface area contributed by atoms with E-state index in [1.807, 2.05) is 12.1 Å². The second-order valence-corrected chi connectivity index (χ2v) is 8.80. The van der Waals surface area contributed by atoms with Crippen molar-refractivity contribution in [3.8, 4) is 11.5 Å². The van der Waals surface area contributed by atoms with Crippen molar-refractivity contribution in [2.75, 3.05) is 12.0 Å². The van der Waals surface area contributed by atoms with E-state index in [2.05, 4.69) is 4.98 Å². The maximum absolute atomic E-state index is 13.1. The van der Waals surface area contributed by atoms with Gasteiger partial charge in [-0.25, -0.2) is 0 Å². The monoisotopic (exact) mass is 502 g/mol. The maximum Gasteiger partial charge on any atom is 0.416 e. The number of nitrogens with zero attached hydrogens (tertiary/aromatic N) is 2. The first kappa shape index (κ1) is 23.8. The first-order chi connectivity index (χ1) is 16.3. The zero-order chi connectivity index (χ0) is 24.3. The summed E-state index contributed by atoms with van der Waals surface area (Å²) in [5.41, 5.74) is 0.810. The van der Waals surface area contributed by atoms with Gasteiger partial charge < -0.3 is 9.47 Å². The lowest BCUT2D eigenvalue weighted by Crippen LogP contribution is -2.27. The van der Waals surface area contributed by atoms with Crippen LogP contribution in [0.15, 0.2) is 71.9 Å². The van der Waals surface area contributed by atoms with Crippen LogP contribution in [0.4, 0.5) is 18.9 Å². The van der Waals surface area contributed by atoms with Crippen molar-refractivity contribution < 1.29 is 27.4 Å². The standard InChI is InChI=1S/C24H17F3N2O3S2/c1-31-20-11-16(5-6-19(20)32-14-15-7-9-28-10-8-15)12-21-22(30)29(23(33)34-21)18-4-2-3-17(13-18)24(25,26)27/h2-13H,14H2,1H3/b21-12-. The van der Waals surface area contributed by atoms with Gasteiger partial charge in [0.2, 0.25) is 0 Å². The lowest BCUT2D eigenvalue weighted by molar-refractivity contribution is -0.137. The summed E-state index contributed by atoms with van der Waals surface area (Å²) in [4.78, 5) is 18.3. The van der Waals surface area contributed by atoms with Crippen molar-refractivity contribution >= 4 is 46.0 Å². The van der Waals surface area contributed by atoms with Crippen molar-refractivity contribution in [3.05, 3.63) is 88.6 Å². The van der Waals surface area contributed by atoms with Gasteiger partial charge in [0.25, 0.3) is 5.91 Å². The summed E-state index contributed by atoms with van der Waals surface area (Å²) in [7, 11) is 1.51. The smallest absolute Gasteiger partial charge is 0.416 e. The van der Waals surface area contributed by atoms with Crippen LogP contribution in [0.1, 0.15) is 16.7 Å². The molecule has 3 aromatic rings. The number of amides is 1. The third kappa shape index (κ3) is 5.23. The lowest BCUT2D eigenvalue weighted by Gasteiger charge is -2.16. The lowest BCUT2D eigenvalue weighted by atomic mass is 10.1. The van der Waals surface area contributed by atoms with Crippen molar-refractivity contribution in [1.82, 2.24) is 4.98 Å². The molecule has 0 unspecified atom stereocenters. The first-order valence-corrected chi connectivity index (χ1v) is 11.1. The third-order valence-corrected chi connectivity index (χ3v) is 6.16. The van der Waals surface area contributed by atoms with Crippen LogP contribution in [0.5, 0.6) is 11.5 Å². The Balaban J connectivity index is 1.55. The Morgan fingerprint density at radius 1 is 1.09 bits per heavy atom. The van der Waals surface area contributed by atoms with Gasteiger partial charge in [-0.15, -0.1) is 0 Å². The van der Waals surface area contributed by atoms with E-state index in [4.69, 9.17) is 21.7 Å². The predicted molar refractivity (Wildman–Crippen MR) is 129 cm³/mol. The number of methoxy groups -OCH3 is 1. The molecule has 1 saturated heterocycles. The molecule has 1 aliphatic heterocycles. The molecule has 0 saturated carbocycles. The largest absolute Gasteiger partial charge is 0.493 e. The molecule has 2 aromatic carbocycles. The SMILES string of the molecule is COc1cc(/C=C2\SC(=S)N(c3cccc(C(F)(F)F)c3)C2=O)ccc1OCc1ccncc1. The van der Waals surface area contributed by atoms with Crippen LogP contribution in [0.2, 0.25) is 0 Å². The Bertz CT molecular complexity index is 1260. The van der Waals surface area contributed by atoms with E-state index in [1.54, 1.807) is 36.7 Å². The van der Waals surface area contributed by atoms with Crippen LogP contribution in [-0.2, 0) is 17.6 Å². The number of halogens is 3. The number of ether oxygens (including phenoxy) is 2. The number of pyridine rings is 1. The summed E-state index contributed by atoms with van der Waals surface area (Å²) in [5, 5.41) is 0. The van der Waals surface area contributed by atoms with Crippen molar-refractivity contribution in [2.24, 2.45) is 0 Å². The highest BCUT2D eigenvalue weighted by Gasteiger charge is 2.36. The second-order valence-electron chi connectivity index (χ2n) is 7.12. The molecule has 34 heavy (non-hydrogen) atoms. The van der Waals surface area contributed by atoms with Gasteiger partial charge in [-0.1, -0.05) is 36.1 Å². The number of thiocarbonyl (C=S) groups is 1. The van der Waals surface area contributed by atoms with Crippen LogP contribution in [0.3, 0.4) is 0 Å². The van der Waals surface area contributed by atoms with Gasteiger partial charge in [-0.05, 0) is 59.7 Å². The molecule has 10 heteroatoms. The summed E-state index contributed by atoms with van der Waals surface area (Å²) >= 11 is 6.30. The quantitative estimate of drug-likeness (QED) is 0.300. The molecular weight excluding hydrogens is 485 g/mol. The summed E-state index contributed by atoms with van der Waals surface area (Å²) in [5.74, 6) is 0.496. The maximum atomic E-state index is 13.1. The van der Waals surface area contributed by atoms with Crippen molar-refractivity contribution in [2.45, 2.75) is 12.8 Å². The fraction of sp³-hybridized carbons (Fsp3) is 0.125. The molecule has 4 rings (SSSR count). The highest BCUT2D eigenvalue weighted by Crippen LogP contribution is 2.39. The number of hydrogen-bond donors (Lipinski definition) is 0. The fourth-order valence-corrected chi connectivity index (χ4v) is 4.50. The molecule has 0 spiro atoms. The van der Waals surface area contributed by atoms with Crippen molar-refractivity contribution in [3.63, 3.8) is 0 Å². The Labute approximate surface area is 203 Å². The van der Waals surface area contributed by atoms with E-state index < -0.39 is 17.6 Å². The van der Waals surface area contributed by atoms with Crippen LogP contribution in [0, 0.1) is 0 Å². The minimum absolute atomic E-state index is 0.0677. The summed E-state index contributed by atoms with van der Waals surface area (Å²) in [6, 6.07) is 13.4. The number of hydrogen-bond acceptors (Lipinski definition) is 6. The van der Waals surface area contributed by atoms with Gasteiger partial charge >= 0.3 is 6.18 Å². The molecule has 1 amide bonds. The van der Waals surface area contributed by atoms with E-state index in [0.29, 0.717) is 23.7 Å². The normalized spacial score (nSPS) is 15.2. The third-order valence-electron chi connectivity index (χ3n) is 4.85. The Kier molecular flexibility index (Phi) is 6.90. The number of alkyl halides is 3. The van der Waals surface area contributed by atoms with Crippen LogP contribution in [0.25, 0.3) is 6.08 Å². The Morgan fingerprint density at radius 3 is 2.56 bits per heavy atom. The van der Waals surface area contributed by atoms with Gasteiger partial charge in [0.1, 0.15) is 6.61 Å². The van der Waals surface area contributed by atoms with Crippen LogP contribution >= 0.6 is 24.0 Å². The molecule has 5 nitrogen and oxygen atoms in total. The highest BCUT2D eigenvalue weighted by atomic mass is 32.2. The van der Waals surface area contributed by atoms with Gasteiger partial charge in [0.15, 0.2) is 15.8 Å². The number of carbonyl (C=O) groups is 1. The molecule has 1 aromatic heterocycles. The summed E-state index contributed by atoms with van der Waals surface area (Å²) < 4.78 is 50.7. The Hall–Kier alpha value is -3.37. The van der Waals surface area contributed by atoms with Gasteiger partial charge in [0.05, 0.1) is 23.3 Å². The van der Waals surface area contributed by atoms with E-state index in [9.17, 15) is 18.0 Å². The topological polar surface area (TPSA) is 51.7 Å². The molecule has 1 fully saturated rings. The fourth-order valence-electron chi connectivity index (χ4n) is 3.20. The molecule has 1 aliphatic rings. The molecule has 0 aliphatic carbocycles. The van der Waals surface area contributed by atoms with E-state index >= 15 is 0 Å². The van der Waals surface area contributed by atoms with E-state index in [1.165, 1.54) is 19.2 Å². The summed E-state index contributed by atoms with van der Waals surface area (Å²) in [6.07, 6.45) is 0.440. The molecule has 174 valence electrons. The second kappa shape index (κ2) is 9.86. The minimum Gasteiger partial charge on any atom is -0.493 e. The van der Waals surface area contributed by atoms with Gasteiger partial charge in [-0.2, -0.15) is 13.2 Å². The number of carbonyl (C=O) groups excluding carboxylic acids is 1.